The Labute approximate surface area is 97.1 Å². The molecule has 2 N–H and O–H groups in total. The van der Waals surface area contributed by atoms with Gasteiger partial charge < -0.3 is 5.73 Å². The van der Waals surface area contributed by atoms with Gasteiger partial charge in [0.15, 0.2) is 0 Å². The third-order valence-electron chi connectivity index (χ3n) is 2.43. The van der Waals surface area contributed by atoms with E-state index in [4.69, 9.17) is 5.73 Å². The lowest BCUT2D eigenvalue weighted by Crippen LogP contribution is -2.28. The number of anilines is 1. The quantitative estimate of drug-likeness (QED) is 0.799. The van der Waals surface area contributed by atoms with Crippen molar-refractivity contribution in [1.82, 2.24) is 4.31 Å². The summed E-state index contributed by atoms with van der Waals surface area (Å²) in [6.07, 6.45) is 1.81. The summed E-state index contributed by atoms with van der Waals surface area (Å²) in [5, 5.41) is 0. The van der Waals surface area contributed by atoms with E-state index in [-0.39, 0.29) is 4.90 Å². The van der Waals surface area contributed by atoms with Gasteiger partial charge in [0.05, 0.1) is 5.69 Å². The van der Waals surface area contributed by atoms with E-state index in [1.165, 1.54) is 10.4 Å². The van der Waals surface area contributed by atoms with E-state index in [1.807, 2.05) is 6.92 Å². The summed E-state index contributed by atoms with van der Waals surface area (Å²) in [6.45, 7) is 2.55. The monoisotopic (exact) mass is 242 g/mol. The maximum atomic E-state index is 12.1. The highest BCUT2D eigenvalue weighted by molar-refractivity contribution is 7.89. The van der Waals surface area contributed by atoms with Crippen LogP contribution in [0.2, 0.25) is 0 Å². The lowest BCUT2D eigenvalue weighted by Gasteiger charge is -2.17. The van der Waals surface area contributed by atoms with Crippen LogP contribution in [0.5, 0.6) is 0 Å². The smallest absolute Gasteiger partial charge is 0.244 e. The molecule has 0 spiro atoms. The van der Waals surface area contributed by atoms with Gasteiger partial charge in [-0.1, -0.05) is 25.5 Å². The molecule has 4 nitrogen and oxygen atoms in total. The number of nitrogens with zero attached hydrogens (tertiary/aromatic N) is 1. The second-order valence-electron chi connectivity index (χ2n) is 3.72. The fourth-order valence-corrected chi connectivity index (χ4v) is 2.71. The van der Waals surface area contributed by atoms with E-state index in [1.54, 1.807) is 25.2 Å². The molecule has 0 saturated carbocycles. The Kier molecular flexibility index (Phi) is 4.32. The first-order chi connectivity index (χ1) is 7.50. The predicted molar refractivity (Wildman–Crippen MR) is 65.6 cm³/mol. The Bertz CT molecular complexity index is 443. The van der Waals surface area contributed by atoms with Gasteiger partial charge in [0.25, 0.3) is 0 Å². The van der Waals surface area contributed by atoms with Crippen LogP contribution < -0.4 is 5.73 Å². The summed E-state index contributed by atoms with van der Waals surface area (Å²) in [4.78, 5) is 0.189. The molecule has 0 heterocycles. The van der Waals surface area contributed by atoms with Crippen LogP contribution >= 0.6 is 0 Å². The number of hydrogen-bond acceptors (Lipinski definition) is 3. The number of benzene rings is 1. The van der Waals surface area contributed by atoms with Gasteiger partial charge in [-0.15, -0.1) is 0 Å². The summed E-state index contributed by atoms with van der Waals surface area (Å²) in [5.41, 5.74) is 5.96. The van der Waals surface area contributed by atoms with Crippen molar-refractivity contribution in [2.75, 3.05) is 19.3 Å². The zero-order chi connectivity index (χ0) is 12.2. The van der Waals surface area contributed by atoms with E-state index in [0.717, 1.165) is 12.8 Å². The minimum atomic E-state index is -3.43. The second kappa shape index (κ2) is 5.32. The fourth-order valence-electron chi connectivity index (χ4n) is 1.38. The van der Waals surface area contributed by atoms with Gasteiger partial charge in [0.1, 0.15) is 4.90 Å². The van der Waals surface area contributed by atoms with E-state index < -0.39 is 10.0 Å². The average molecular weight is 242 g/mol. The van der Waals surface area contributed by atoms with Gasteiger partial charge in [-0.3, -0.25) is 0 Å². The largest absolute Gasteiger partial charge is 0.398 e. The highest BCUT2D eigenvalue weighted by Gasteiger charge is 2.21. The molecule has 0 amide bonds. The van der Waals surface area contributed by atoms with Crippen molar-refractivity contribution in [2.45, 2.75) is 24.7 Å². The van der Waals surface area contributed by atoms with Gasteiger partial charge >= 0.3 is 0 Å². The van der Waals surface area contributed by atoms with Gasteiger partial charge in [-0.25, -0.2) is 12.7 Å². The molecule has 0 aliphatic heterocycles. The van der Waals surface area contributed by atoms with Crippen molar-refractivity contribution in [1.29, 1.82) is 0 Å². The Morgan fingerprint density at radius 2 is 1.94 bits per heavy atom. The van der Waals surface area contributed by atoms with E-state index in [9.17, 15) is 8.42 Å². The van der Waals surface area contributed by atoms with Crippen LogP contribution in [0.4, 0.5) is 5.69 Å². The zero-order valence-electron chi connectivity index (χ0n) is 9.68. The molecule has 0 aliphatic rings. The zero-order valence-corrected chi connectivity index (χ0v) is 10.5. The Balaban J connectivity index is 2.98. The maximum absolute atomic E-state index is 12.1. The molecule has 1 rings (SSSR count). The van der Waals surface area contributed by atoms with Crippen molar-refractivity contribution < 1.29 is 8.42 Å². The molecular formula is C11H18N2O2S. The van der Waals surface area contributed by atoms with Gasteiger partial charge in [-0.2, -0.15) is 0 Å². The lowest BCUT2D eigenvalue weighted by molar-refractivity contribution is 0.459. The predicted octanol–water partition coefficient (Wildman–Crippen LogP) is 1.69. The minimum Gasteiger partial charge on any atom is -0.398 e. The van der Waals surface area contributed by atoms with E-state index in [0.29, 0.717) is 12.2 Å². The molecule has 90 valence electrons. The molecule has 0 fully saturated rings. The topological polar surface area (TPSA) is 63.4 Å². The standard InChI is InChI=1S/C11H18N2O2S/c1-3-4-9-13(2)16(14,15)11-8-6-5-7-10(11)12/h5-8H,3-4,9,12H2,1-2H3. The highest BCUT2D eigenvalue weighted by atomic mass is 32.2. The van der Waals surface area contributed by atoms with Crippen LogP contribution in [-0.4, -0.2) is 26.3 Å². The molecular weight excluding hydrogens is 224 g/mol. The Morgan fingerprint density at radius 3 is 2.50 bits per heavy atom. The van der Waals surface area contributed by atoms with Gasteiger partial charge in [-0.05, 0) is 18.6 Å². The number of para-hydroxylation sites is 1. The fraction of sp³-hybridized carbons (Fsp3) is 0.455. The maximum Gasteiger partial charge on any atom is 0.244 e. The molecule has 0 unspecified atom stereocenters. The van der Waals surface area contributed by atoms with Crippen LogP contribution in [-0.2, 0) is 10.0 Å². The van der Waals surface area contributed by atoms with Crippen LogP contribution in [0.25, 0.3) is 0 Å². The first-order valence-corrected chi connectivity index (χ1v) is 6.75. The van der Waals surface area contributed by atoms with Crippen LogP contribution in [0.15, 0.2) is 29.2 Å². The number of nitrogen functional groups attached to an aromatic ring is 1. The summed E-state index contributed by atoms with van der Waals surface area (Å²) >= 11 is 0. The number of sulfonamides is 1. The normalized spacial score (nSPS) is 11.9. The highest BCUT2D eigenvalue weighted by Crippen LogP contribution is 2.20. The van der Waals surface area contributed by atoms with Gasteiger partial charge in [0.2, 0.25) is 10.0 Å². The van der Waals surface area contributed by atoms with Crippen molar-refractivity contribution in [2.24, 2.45) is 0 Å². The third kappa shape index (κ3) is 2.74. The molecule has 0 atom stereocenters. The summed E-state index contributed by atoms with van der Waals surface area (Å²) in [7, 11) is -1.85. The first-order valence-electron chi connectivity index (χ1n) is 5.31. The van der Waals surface area contributed by atoms with E-state index in [2.05, 4.69) is 0 Å². The first kappa shape index (κ1) is 13.0. The molecule has 0 radical (unpaired) electrons. The molecule has 1 aromatic rings. The molecule has 0 bridgehead atoms. The van der Waals surface area contributed by atoms with Gasteiger partial charge in [0, 0.05) is 13.6 Å². The average Bonchev–Trinajstić information content (AvgIpc) is 2.26. The molecule has 0 saturated heterocycles. The molecule has 5 heteroatoms. The Hall–Kier alpha value is -1.07. The molecule has 0 aromatic heterocycles. The number of unbranched alkanes of at least 4 members (excludes halogenated alkanes) is 1. The van der Waals surface area contributed by atoms with Crippen molar-refractivity contribution in [3.63, 3.8) is 0 Å². The molecule has 16 heavy (non-hydrogen) atoms. The lowest BCUT2D eigenvalue weighted by atomic mass is 10.3. The Morgan fingerprint density at radius 1 is 1.31 bits per heavy atom. The third-order valence-corrected chi connectivity index (χ3v) is 4.36. The van der Waals surface area contributed by atoms with Crippen molar-refractivity contribution in [3.8, 4) is 0 Å². The SMILES string of the molecule is CCCCN(C)S(=O)(=O)c1ccccc1N. The number of rotatable bonds is 5. The van der Waals surface area contributed by atoms with Crippen LogP contribution in [0, 0.1) is 0 Å². The van der Waals surface area contributed by atoms with Crippen LogP contribution in [0.1, 0.15) is 19.8 Å². The molecule has 0 aliphatic carbocycles. The molecule has 1 aromatic carbocycles. The minimum absolute atomic E-state index is 0.189. The van der Waals surface area contributed by atoms with Crippen molar-refractivity contribution >= 4 is 15.7 Å². The summed E-state index contributed by atoms with van der Waals surface area (Å²) < 4.78 is 25.6. The number of hydrogen-bond donors (Lipinski definition) is 1. The number of nitrogens with two attached hydrogens (primary N) is 1. The van der Waals surface area contributed by atoms with Crippen molar-refractivity contribution in [3.05, 3.63) is 24.3 Å². The second-order valence-corrected chi connectivity index (χ2v) is 5.73. The van der Waals surface area contributed by atoms with E-state index >= 15 is 0 Å². The summed E-state index contributed by atoms with van der Waals surface area (Å²) in [6, 6.07) is 6.53. The summed E-state index contributed by atoms with van der Waals surface area (Å²) in [5.74, 6) is 0. The van der Waals surface area contributed by atoms with Crippen LogP contribution in [0.3, 0.4) is 0 Å².